The molecule has 0 aliphatic heterocycles. The van der Waals surface area contributed by atoms with Gasteiger partial charge in [0.25, 0.3) is 0 Å². The number of aldehydes is 1. The van der Waals surface area contributed by atoms with Crippen LogP contribution in [0.15, 0.2) is 24.8 Å². The Labute approximate surface area is 84.2 Å². The van der Waals surface area contributed by atoms with Gasteiger partial charge in [0.2, 0.25) is 0 Å². The Bertz CT molecular complexity index is 353. The smallest absolute Gasteiger partial charge is 0.150 e. The first-order valence-electron chi connectivity index (χ1n) is 4.54. The van der Waals surface area contributed by atoms with Gasteiger partial charge >= 0.3 is 0 Å². The molecule has 1 rings (SSSR count). The van der Waals surface area contributed by atoms with Crippen LogP contribution in [0.25, 0.3) is 5.57 Å². The molecule has 1 aromatic carbocycles. The van der Waals surface area contributed by atoms with Crippen molar-refractivity contribution in [2.45, 2.75) is 13.3 Å². The van der Waals surface area contributed by atoms with Crippen LogP contribution < -0.4 is 4.74 Å². The highest BCUT2D eigenvalue weighted by Gasteiger charge is 2.08. The fraction of sp³-hybridized carbons (Fsp3) is 0.250. The predicted octanol–water partition coefficient (Wildman–Crippen LogP) is 2.47. The molecule has 0 aliphatic carbocycles. The number of carbonyl (C=O) groups excluding carboxylic acids is 1. The highest BCUT2D eigenvalue weighted by atomic mass is 16.5. The van der Waals surface area contributed by atoms with Crippen molar-refractivity contribution in [3.63, 3.8) is 0 Å². The molecule has 0 fully saturated rings. The van der Waals surface area contributed by atoms with Gasteiger partial charge in [-0.25, -0.2) is 0 Å². The fourth-order valence-electron chi connectivity index (χ4n) is 1.49. The van der Waals surface area contributed by atoms with Crippen LogP contribution in [-0.2, 0) is 11.2 Å². The van der Waals surface area contributed by atoms with E-state index in [1.54, 1.807) is 7.11 Å². The van der Waals surface area contributed by atoms with Crippen LogP contribution in [-0.4, -0.2) is 13.4 Å². The van der Waals surface area contributed by atoms with Gasteiger partial charge in [0.1, 0.15) is 12.0 Å². The molecule has 74 valence electrons. The Morgan fingerprint density at radius 3 is 2.79 bits per heavy atom. The summed E-state index contributed by atoms with van der Waals surface area (Å²) in [6, 6.07) is 5.64. The van der Waals surface area contributed by atoms with Gasteiger partial charge in [-0.3, -0.25) is 4.79 Å². The number of carbonyl (C=O) groups is 1. The first-order valence-corrected chi connectivity index (χ1v) is 4.54. The molecule has 0 saturated carbocycles. The van der Waals surface area contributed by atoms with Crippen LogP contribution in [0.5, 0.6) is 5.75 Å². The zero-order valence-electron chi connectivity index (χ0n) is 8.54. The molecule has 0 aliphatic rings. The van der Waals surface area contributed by atoms with Gasteiger partial charge in [0.05, 0.1) is 7.11 Å². The maximum Gasteiger partial charge on any atom is 0.150 e. The Kier molecular flexibility index (Phi) is 3.46. The summed E-state index contributed by atoms with van der Waals surface area (Å²) < 4.78 is 5.21. The van der Waals surface area contributed by atoms with E-state index in [2.05, 4.69) is 6.58 Å². The summed E-state index contributed by atoms with van der Waals surface area (Å²) >= 11 is 0. The maximum atomic E-state index is 10.6. The summed E-state index contributed by atoms with van der Waals surface area (Å²) in [5.74, 6) is 0.813. The summed E-state index contributed by atoms with van der Waals surface area (Å²) in [7, 11) is 1.63. The second-order valence-corrected chi connectivity index (χ2v) is 2.98. The number of hydrogen-bond donors (Lipinski definition) is 0. The van der Waals surface area contributed by atoms with E-state index in [1.165, 1.54) is 0 Å². The minimum absolute atomic E-state index is 0.501. The first-order chi connectivity index (χ1) is 6.74. The second kappa shape index (κ2) is 4.61. The zero-order chi connectivity index (χ0) is 10.6. The van der Waals surface area contributed by atoms with E-state index in [1.807, 2.05) is 25.1 Å². The van der Waals surface area contributed by atoms with Gasteiger partial charge in [0.15, 0.2) is 0 Å². The second-order valence-electron chi connectivity index (χ2n) is 2.98. The lowest BCUT2D eigenvalue weighted by molar-refractivity contribution is -0.103. The standard InChI is InChI=1S/C12H14O2/c1-4-10-11(9(2)8-13)6-5-7-12(10)14-3/h5-8H,2,4H2,1,3H3. The van der Waals surface area contributed by atoms with E-state index in [4.69, 9.17) is 4.74 Å². The summed E-state index contributed by atoms with van der Waals surface area (Å²) in [6.07, 6.45) is 1.60. The summed E-state index contributed by atoms with van der Waals surface area (Å²) in [5.41, 5.74) is 2.41. The number of hydrogen-bond acceptors (Lipinski definition) is 2. The molecule has 0 N–H and O–H groups in total. The molecule has 2 nitrogen and oxygen atoms in total. The Hall–Kier alpha value is -1.57. The predicted molar refractivity (Wildman–Crippen MR) is 57.5 cm³/mol. The van der Waals surface area contributed by atoms with Gasteiger partial charge in [-0.1, -0.05) is 25.6 Å². The van der Waals surface area contributed by atoms with Crippen molar-refractivity contribution in [3.05, 3.63) is 35.9 Å². The van der Waals surface area contributed by atoms with Gasteiger partial charge in [-0.15, -0.1) is 0 Å². The van der Waals surface area contributed by atoms with Crippen LogP contribution in [0.1, 0.15) is 18.1 Å². The third kappa shape index (κ3) is 1.84. The molecule has 0 spiro atoms. The highest BCUT2D eigenvalue weighted by molar-refractivity contribution is 6.06. The van der Waals surface area contributed by atoms with Crippen LogP contribution in [0.4, 0.5) is 0 Å². The first kappa shape index (κ1) is 10.5. The molecule has 0 radical (unpaired) electrons. The number of methoxy groups -OCH3 is 1. The lowest BCUT2D eigenvalue weighted by Gasteiger charge is -2.11. The summed E-state index contributed by atoms with van der Waals surface area (Å²) in [5, 5.41) is 0. The molecule has 14 heavy (non-hydrogen) atoms. The van der Waals surface area contributed by atoms with Gasteiger partial charge in [-0.2, -0.15) is 0 Å². The van der Waals surface area contributed by atoms with E-state index >= 15 is 0 Å². The number of ether oxygens (including phenoxy) is 1. The Balaban J connectivity index is 3.28. The molecule has 0 amide bonds. The van der Waals surface area contributed by atoms with Gasteiger partial charge in [0, 0.05) is 11.1 Å². The highest BCUT2D eigenvalue weighted by Crippen LogP contribution is 2.26. The molecule has 2 heteroatoms. The van der Waals surface area contributed by atoms with Crippen molar-refractivity contribution in [2.75, 3.05) is 7.11 Å². The Morgan fingerprint density at radius 1 is 1.57 bits per heavy atom. The van der Waals surface area contributed by atoms with Crippen molar-refractivity contribution in [1.82, 2.24) is 0 Å². The monoisotopic (exact) mass is 190 g/mol. The summed E-state index contributed by atoms with van der Waals surface area (Å²) in [4.78, 5) is 10.6. The number of rotatable bonds is 4. The van der Waals surface area contributed by atoms with Crippen LogP contribution >= 0.6 is 0 Å². The lowest BCUT2D eigenvalue weighted by Crippen LogP contribution is -1.96. The molecule has 0 saturated heterocycles. The Morgan fingerprint density at radius 2 is 2.29 bits per heavy atom. The molecular formula is C12H14O2. The molecule has 1 aromatic rings. The van der Waals surface area contributed by atoms with Crippen molar-refractivity contribution in [2.24, 2.45) is 0 Å². The SMILES string of the molecule is C=C(C=O)c1cccc(OC)c1CC. The van der Waals surface area contributed by atoms with Crippen LogP contribution in [0.2, 0.25) is 0 Å². The van der Waals surface area contributed by atoms with Crippen LogP contribution in [0, 0.1) is 0 Å². The number of benzene rings is 1. The maximum absolute atomic E-state index is 10.6. The number of allylic oxidation sites excluding steroid dienone is 1. The quantitative estimate of drug-likeness (QED) is 0.538. The molecule has 0 heterocycles. The van der Waals surface area contributed by atoms with Crippen molar-refractivity contribution in [3.8, 4) is 5.75 Å². The van der Waals surface area contributed by atoms with E-state index in [0.717, 1.165) is 29.6 Å². The third-order valence-electron chi connectivity index (χ3n) is 2.19. The van der Waals surface area contributed by atoms with E-state index < -0.39 is 0 Å². The summed E-state index contributed by atoms with van der Waals surface area (Å²) in [6.45, 7) is 5.73. The van der Waals surface area contributed by atoms with Gasteiger partial charge in [-0.05, 0) is 18.1 Å². The van der Waals surface area contributed by atoms with E-state index in [0.29, 0.717) is 5.57 Å². The van der Waals surface area contributed by atoms with E-state index in [-0.39, 0.29) is 0 Å². The normalized spacial score (nSPS) is 9.57. The minimum Gasteiger partial charge on any atom is -0.496 e. The molecular weight excluding hydrogens is 176 g/mol. The van der Waals surface area contributed by atoms with Gasteiger partial charge < -0.3 is 4.74 Å². The minimum atomic E-state index is 0.501. The average Bonchev–Trinajstić information content (AvgIpc) is 2.26. The lowest BCUT2D eigenvalue weighted by atomic mass is 9.99. The van der Waals surface area contributed by atoms with Crippen molar-refractivity contribution < 1.29 is 9.53 Å². The van der Waals surface area contributed by atoms with E-state index in [9.17, 15) is 4.79 Å². The fourth-order valence-corrected chi connectivity index (χ4v) is 1.49. The largest absolute Gasteiger partial charge is 0.496 e. The molecule has 0 bridgehead atoms. The topological polar surface area (TPSA) is 26.3 Å². The zero-order valence-corrected chi connectivity index (χ0v) is 8.54. The third-order valence-corrected chi connectivity index (χ3v) is 2.19. The van der Waals surface area contributed by atoms with Crippen molar-refractivity contribution in [1.29, 1.82) is 0 Å². The molecule has 0 aromatic heterocycles. The average molecular weight is 190 g/mol. The molecule has 0 unspecified atom stereocenters. The molecule has 0 atom stereocenters. The van der Waals surface area contributed by atoms with Crippen molar-refractivity contribution >= 4 is 11.9 Å². The van der Waals surface area contributed by atoms with Crippen LogP contribution in [0.3, 0.4) is 0 Å².